The van der Waals surface area contributed by atoms with Crippen LogP contribution >= 0.6 is 0 Å². The standard InChI is InChI=1S/C17H20FNO3/c1-17(21,13-4-6-14(18)7-5-13)11-19-10-12-3-8-16(22-2)15(20)9-12/h3-9,19-21H,10-11H2,1-2H3. The summed E-state index contributed by atoms with van der Waals surface area (Å²) in [7, 11) is 1.49. The molecule has 0 aromatic heterocycles. The second-order valence-electron chi connectivity index (χ2n) is 5.39. The summed E-state index contributed by atoms with van der Waals surface area (Å²) >= 11 is 0. The maximum atomic E-state index is 12.9. The number of hydrogen-bond donors (Lipinski definition) is 3. The van der Waals surface area contributed by atoms with Crippen LogP contribution in [0.3, 0.4) is 0 Å². The molecule has 1 atom stereocenters. The molecule has 5 heteroatoms. The summed E-state index contributed by atoms with van der Waals surface area (Å²) in [5.41, 5.74) is 0.398. The summed E-state index contributed by atoms with van der Waals surface area (Å²) in [6, 6.07) is 10.9. The molecule has 2 aromatic carbocycles. The van der Waals surface area contributed by atoms with E-state index < -0.39 is 5.60 Å². The molecule has 0 heterocycles. The molecular formula is C17H20FNO3. The van der Waals surface area contributed by atoms with Gasteiger partial charge in [0.05, 0.1) is 12.7 Å². The number of aliphatic hydroxyl groups is 1. The number of aromatic hydroxyl groups is 1. The second kappa shape index (κ2) is 6.77. The lowest BCUT2D eigenvalue weighted by Crippen LogP contribution is -2.35. The van der Waals surface area contributed by atoms with Crippen molar-refractivity contribution in [3.05, 3.63) is 59.4 Å². The van der Waals surface area contributed by atoms with Gasteiger partial charge < -0.3 is 20.3 Å². The predicted octanol–water partition coefficient (Wildman–Crippen LogP) is 2.54. The number of halogens is 1. The van der Waals surface area contributed by atoms with Gasteiger partial charge in [0.1, 0.15) is 5.82 Å². The summed E-state index contributed by atoms with van der Waals surface area (Å²) in [4.78, 5) is 0. The second-order valence-corrected chi connectivity index (χ2v) is 5.39. The molecule has 0 spiro atoms. The maximum Gasteiger partial charge on any atom is 0.160 e. The van der Waals surface area contributed by atoms with Crippen molar-refractivity contribution in [3.63, 3.8) is 0 Å². The van der Waals surface area contributed by atoms with E-state index in [1.807, 2.05) is 6.07 Å². The highest BCUT2D eigenvalue weighted by Crippen LogP contribution is 2.26. The van der Waals surface area contributed by atoms with Gasteiger partial charge in [0.25, 0.3) is 0 Å². The van der Waals surface area contributed by atoms with Crippen LogP contribution in [0.5, 0.6) is 11.5 Å². The average Bonchev–Trinajstić information content (AvgIpc) is 2.48. The SMILES string of the molecule is COc1ccc(CNCC(C)(O)c2ccc(F)cc2)cc1O. The van der Waals surface area contributed by atoms with Gasteiger partial charge in [-0.25, -0.2) is 4.39 Å². The van der Waals surface area contributed by atoms with E-state index in [4.69, 9.17) is 4.74 Å². The highest BCUT2D eigenvalue weighted by atomic mass is 19.1. The van der Waals surface area contributed by atoms with Gasteiger partial charge >= 0.3 is 0 Å². The van der Waals surface area contributed by atoms with Crippen molar-refractivity contribution >= 4 is 0 Å². The van der Waals surface area contributed by atoms with Crippen LogP contribution in [0.1, 0.15) is 18.1 Å². The number of benzene rings is 2. The number of hydrogen-bond acceptors (Lipinski definition) is 4. The third-order valence-electron chi connectivity index (χ3n) is 3.51. The fourth-order valence-electron chi connectivity index (χ4n) is 2.21. The van der Waals surface area contributed by atoms with Crippen molar-refractivity contribution in [2.75, 3.05) is 13.7 Å². The summed E-state index contributed by atoms with van der Waals surface area (Å²) in [5.74, 6) is 0.162. The summed E-state index contributed by atoms with van der Waals surface area (Å²) < 4.78 is 17.9. The lowest BCUT2D eigenvalue weighted by molar-refractivity contribution is 0.0566. The first-order chi connectivity index (χ1) is 10.4. The Bertz CT molecular complexity index is 626. The lowest BCUT2D eigenvalue weighted by atomic mass is 9.96. The van der Waals surface area contributed by atoms with E-state index in [2.05, 4.69) is 5.32 Å². The molecule has 0 amide bonds. The van der Waals surface area contributed by atoms with Crippen molar-refractivity contribution in [2.24, 2.45) is 0 Å². The molecule has 0 aliphatic heterocycles. The molecule has 3 N–H and O–H groups in total. The molecule has 22 heavy (non-hydrogen) atoms. The van der Waals surface area contributed by atoms with Gasteiger partial charge in [0.15, 0.2) is 11.5 Å². The zero-order valence-electron chi connectivity index (χ0n) is 12.6. The molecule has 0 saturated heterocycles. The number of nitrogens with one attached hydrogen (secondary N) is 1. The quantitative estimate of drug-likeness (QED) is 0.767. The molecule has 2 aromatic rings. The topological polar surface area (TPSA) is 61.7 Å². The van der Waals surface area contributed by atoms with Crippen molar-refractivity contribution in [1.29, 1.82) is 0 Å². The first kappa shape index (κ1) is 16.3. The third-order valence-corrected chi connectivity index (χ3v) is 3.51. The van der Waals surface area contributed by atoms with E-state index in [-0.39, 0.29) is 11.6 Å². The van der Waals surface area contributed by atoms with Crippen molar-refractivity contribution in [2.45, 2.75) is 19.1 Å². The Morgan fingerprint density at radius 2 is 1.86 bits per heavy atom. The van der Waals surface area contributed by atoms with Crippen molar-refractivity contribution in [3.8, 4) is 11.5 Å². The Labute approximate surface area is 129 Å². The Morgan fingerprint density at radius 1 is 1.18 bits per heavy atom. The highest BCUT2D eigenvalue weighted by molar-refractivity contribution is 5.41. The van der Waals surface area contributed by atoms with E-state index in [1.165, 1.54) is 19.2 Å². The predicted molar refractivity (Wildman–Crippen MR) is 82.3 cm³/mol. The maximum absolute atomic E-state index is 12.9. The van der Waals surface area contributed by atoms with Crippen LogP contribution in [-0.4, -0.2) is 23.9 Å². The van der Waals surface area contributed by atoms with E-state index in [0.717, 1.165) is 5.56 Å². The fourth-order valence-corrected chi connectivity index (χ4v) is 2.21. The summed E-state index contributed by atoms with van der Waals surface area (Å²) in [6.07, 6.45) is 0. The highest BCUT2D eigenvalue weighted by Gasteiger charge is 2.22. The largest absolute Gasteiger partial charge is 0.504 e. The molecule has 0 aliphatic carbocycles. The van der Waals surface area contributed by atoms with Crippen molar-refractivity contribution in [1.82, 2.24) is 5.32 Å². The van der Waals surface area contributed by atoms with Gasteiger partial charge in [-0.3, -0.25) is 0 Å². The van der Waals surface area contributed by atoms with Crippen LogP contribution in [-0.2, 0) is 12.1 Å². The minimum Gasteiger partial charge on any atom is -0.504 e. The van der Waals surface area contributed by atoms with Gasteiger partial charge in [-0.15, -0.1) is 0 Å². The van der Waals surface area contributed by atoms with Gasteiger partial charge in [-0.2, -0.15) is 0 Å². The number of phenolic OH excluding ortho intramolecular Hbond substituents is 1. The Morgan fingerprint density at radius 3 is 2.45 bits per heavy atom. The Kier molecular flexibility index (Phi) is 5.00. The van der Waals surface area contributed by atoms with E-state index >= 15 is 0 Å². The van der Waals surface area contributed by atoms with Crippen LogP contribution in [0, 0.1) is 5.82 Å². The van der Waals surface area contributed by atoms with E-state index in [0.29, 0.717) is 24.4 Å². The zero-order chi connectivity index (χ0) is 16.2. The Balaban J connectivity index is 1.95. The van der Waals surface area contributed by atoms with Gasteiger partial charge in [0.2, 0.25) is 0 Å². The molecular weight excluding hydrogens is 285 g/mol. The summed E-state index contributed by atoms with van der Waals surface area (Å²) in [6.45, 7) is 2.44. The van der Waals surface area contributed by atoms with E-state index in [1.54, 1.807) is 31.2 Å². The molecule has 0 aliphatic rings. The van der Waals surface area contributed by atoms with Crippen LogP contribution in [0.2, 0.25) is 0 Å². The fraction of sp³-hybridized carbons (Fsp3) is 0.294. The van der Waals surface area contributed by atoms with Gasteiger partial charge in [0, 0.05) is 13.1 Å². The molecule has 0 saturated carbocycles. The normalized spacial score (nSPS) is 13.6. The molecule has 1 unspecified atom stereocenters. The van der Waals surface area contributed by atoms with Gasteiger partial charge in [-0.1, -0.05) is 18.2 Å². The Hall–Kier alpha value is -2.11. The van der Waals surface area contributed by atoms with Crippen LogP contribution in [0.4, 0.5) is 4.39 Å². The van der Waals surface area contributed by atoms with Crippen molar-refractivity contribution < 1.29 is 19.3 Å². The smallest absolute Gasteiger partial charge is 0.160 e. The lowest BCUT2D eigenvalue weighted by Gasteiger charge is -2.24. The number of phenols is 1. The number of rotatable bonds is 6. The average molecular weight is 305 g/mol. The molecule has 118 valence electrons. The molecule has 0 radical (unpaired) electrons. The third kappa shape index (κ3) is 3.96. The first-order valence-electron chi connectivity index (χ1n) is 6.97. The molecule has 0 fully saturated rings. The first-order valence-corrected chi connectivity index (χ1v) is 6.97. The van der Waals surface area contributed by atoms with Gasteiger partial charge in [-0.05, 0) is 42.3 Å². The molecule has 4 nitrogen and oxygen atoms in total. The molecule has 0 bridgehead atoms. The van der Waals surface area contributed by atoms with Crippen LogP contribution in [0.25, 0.3) is 0 Å². The van der Waals surface area contributed by atoms with Crippen LogP contribution in [0.15, 0.2) is 42.5 Å². The zero-order valence-corrected chi connectivity index (χ0v) is 12.6. The summed E-state index contributed by atoms with van der Waals surface area (Å²) in [5, 5.41) is 23.3. The van der Waals surface area contributed by atoms with E-state index in [9.17, 15) is 14.6 Å². The minimum atomic E-state index is -1.11. The monoisotopic (exact) mass is 305 g/mol. The number of methoxy groups -OCH3 is 1. The minimum absolute atomic E-state index is 0.0760. The van der Waals surface area contributed by atoms with Crippen LogP contribution < -0.4 is 10.1 Å². The number of ether oxygens (including phenoxy) is 1. The molecule has 2 rings (SSSR count).